The van der Waals surface area contributed by atoms with Gasteiger partial charge in [-0.1, -0.05) is 49.0 Å². The summed E-state index contributed by atoms with van der Waals surface area (Å²) in [7, 11) is 1.68. The zero-order valence-corrected chi connectivity index (χ0v) is 15.4. The van der Waals surface area contributed by atoms with E-state index in [1.165, 1.54) is 21.9 Å². The maximum Gasteiger partial charge on any atom is 0.124 e. The average Bonchev–Trinajstić information content (AvgIpc) is 2.67. The van der Waals surface area contributed by atoms with Crippen LogP contribution >= 0.6 is 0 Å². The van der Waals surface area contributed by atoms with Crippen LogP contribution in [0.5, 0.6) is 11.5 Å². The third-order valence-electron chi connectivity index (χ3n) is 4.26. The topological polar surface area (TPSA) is 30.5 Å². The summed E-state index contributed by atoms with van der Waals surface area (Å²) >= 11 is 0. The molecule has 0 aliphatic heterocycles. The van der Waals surface area contributed by atoms with Gasteiger partial charge < -0.3 is 14.8 Å². The van der Waals surface area contributed by atoms with Gasteiger partial charge in [-0.05, 0) is 47.0 Å². The van der Waals surface area contributed by atoms with Crippen molar-refractivity contribution >= 4 is 10.8 Å². The second-order valence-corrected chi connectivity index (χ2v) is 6.46. The predicted octanol–water partition coefficient (Wildman–Crippen LogP) is 5.09. The van der Waals surface area contributed by atoms with Gasteiger partial charge in [-0.15, -0.1) is 0 Å². The molecular weight excluding hydrogens is 322 g/mol. The number of methoxy groups -OCH3 is 1. The minimum atomic E-state index is 0.532. The van der Waals surface area contributed by atoms with E-state index in [0.29, 0.717) is 6.61 Å². The van der Waals surface area contributed by atoms with Gasteiger partial charge in [0.1, 0.15) is 18.1 Å². The number of benzene rings is 3. The van der Waals surface area contributed by atoms with Crippen LogP contribution in [0.15, 0.2) is 72.8 Å². The smallest absolute Gasteiger partial charge is 0.124 e. The Labute approximate surface area is 155 Å². The summed E-state index contributed by atoms with van der Waals surface area (Å²) in [5, 5.41) is 5.97. The van der Waals surface area contributed by atoms with E-state index in [1.807, 2.05) is 19.1 Å². The molecule has 3 aromatic carbocycles. The molecule has 26 heavy (non-hydrogen) atoms. The highest BCUT2D eigenvalue weighted by Crippen LogP contribution is 2.28. The van der Waals surface area contributed by atoms with Gasteiger partial charge >= 0.3 is 0 Å². The van der Waals surface area contributed by atoms with Crippen LogP contribution in [0.3, 0.4) is 0 Å². The molecule has 0 spiro atoms. The van der Waals surface area contributed by atoms with Gasteiger partial charge in [-0.2, -0.15) is 0 Å². The van der Waals surface area contributed by atoms with E-state index in [4.69, 9.17) is 9.47 Å². The van der Waals surface area contributed by atoms with Crippen LogP contribution in [0.4, 0.5) is 0 Å². The monoisotopic (exact) mass is 347 g/mol. The van der Waals surface area contributed by atoms with Crippen LogP contribution in [-0.4, -0.2) is 13.7 Å². The van der Waals surface area contributed by atoms with Gasteiger partial charge in [0.15, 0.2) is 0 Å². The molecule has 3 nitrogen and oxygen atoms in total. The fourth-order valence-electron chi connectivity index (χ4n) is 2.91. The van der Waals surface area contributed by atoms with Crippen molar-refractivity contribution in [3.05, 3.63) is 83.9 Å². The maximum absolute atomic E-state index is 5.98. The van der Waals surface area contributed by atoms with Crippen molar-refractivity contribution in [3.8, 4) is 11.5 Å². The molecule has 0 atom stereocenters. The molecule has 1 N–H and O–H groups in total. The lowest BCUT2D eigenvalue weighted by molar-refractivity contribution is 0.348. The Kier molecular flexibility index (Phi) is 5.92. The lowest BCUT2D eigenvalue weighted by Crippen LogP contribution is -2.14. The second-order valence-electron chi connectivity index (χ2n) is 6.46. The lowest BCUT2D eigenvalue weighted by Gasteiger charge is -2.15. The van der Waals surface area contributed by atoms with E-state index in [9.17, 15) is 0 Å². The first-order valence-electron chi connectivity index (χ1n) is 8.79. The lowest BCUT2D eigenvalue weighted by atomic mass is 10.0. The van der Waals surface area contributed by atoms with E-state index >= 15 is 0 Å². The normalized spacial score (nSPS) is 10.7. The van der Waals surface area contributed by atoms with E-state index in [-0.39, 0.29) is 0 Å². The van der Waals surface area contributed by atoms with Gasteiger partial charge in [0.25, 0.3) is 0 Å². The molecule has 0 fully saturated rings. The molecule has 3 aromatic rings. The minimum absolute atomic E-state index is 0.532. The van der Waals surface area contributed by atoms with Gasteiger partial charge in [0.05, 0.1) is 7.11 Å². The van der Waals surface area contributed by atoms with Gasteiger partial charge in [0.2, 0.25) is 0 Å². The van der Waals surface area contributed by atoms with Crippen LogP contribution in [0.2, 0.25) is 0 Å². The zero-order chi connectivity index (χ0) is 18.4. The highest BCUT2D eigenvalue weighted by Gasteiger charge is 2.09. The number of hydrogen-bond acceptors (Lipinski definition) is 3. The van der Waals surface area contributed by atoms with Crippen molar-refractivity contribution in [1.82, 2.24) is 5.32 Å². The van der Waals surface area contributed by atoms with Crippen LogP contribution in [0.25, 0.3) is 10.8 Å². The fourth-order valence-corrected chi connectivity index (χ4v) is 2.91. The standard InChI is InChI=1S/C23H25NO2/c1-17(2)16-26-23-13-10-19-6-4-5-7-21(19)22(23)15-24-14-18-8-11-20(25-3)12-9-18/h4-13,24H,1,14-16H2,2-3H3. The molecule has 0 amide bonds. The van der Waals surface area contributed by atoms with Crippen molar-refractivity contribution in [1.29, 1.82) is 0 Å². The third-order valence-corrected chi connectivity index (χ3v) is 4.26. The number of hydrogen-bond donors (Lipinski definition) is 1. The molecule has 0 bridgehead atoms. The average molecular weight is 347 g/mol. The summed E-state index contributed by atoms with van der Waals surface area (Å²) < 4.78 is 11.2. The quantitative estimate of drug-likeness (QED) is 0.576. The molecule has 0 aromatic heterocycles. The molecule has 0 saturated heterocycles. The van der Waals surface area contributed by atoms with Crippen LogP contribution < -0.4 is 14.8 Å². The van der Waals surface area contributed by atoms with Gasteiger partial charge in [-0.3, -0.25) is 0 Å². The Morgan fingerprint density at radius 2 is 1.73 bits per heavy atom. The Morgan fingerprint density at radius 3 is 2.46 bits per heavy atom. The first-order chi connectivity index (χ1) is 12.7. The summed E-state index contributed by atoms with van der Waals surface area (Å²) in [6, 6.07) is 20.7. The summed E-state index contributed by atoms with van der Waals surface area (Å²) in [6.07, 6.45) is 0. The number of nitrogens with one attached hydrogen (secondary N) is 1. The van der Waals surface area contributed by atoms with Crippen molar-refractivity contribution in [2.45, 2.75) is 20.0 Å². The molecule has 0 unspecified atom stereocenters. The second kappa shape index (κ2) is 8.54. The number of rotatable bonds is 8. The number of fused-ring (bicyclic) bond motifs is 1. The van der Waals surface area contributed by atoms with Crippen molar-refractivity contribution in [2.24, 2.45) is 0 Å². The largest absolute Gasteiger partial charge is 0.497 e. The minimum Gasteiger partial charge on any atom is -0.497 e. The van der Waals surface area contributed by atoms with Crippen LogP contribution in [-0.2, 0) is 13.1 Å². The fraction of sp³-hybridized carbons (Fsp3) is 0.217. The van der Waals surface area contributed by atoms with Crippen LogP contribution in [0.1, 0.15) is 18.1 Å². The van der Waals surface area contributed by atoms with Crippen molar-refractivity contribution < 1.29 is 9.47 Å². The summed E-state index contributed by atoms with van der Waals surface area (Å²) in [5.41, 5.74) is 3.41. The molecular formula is C23H25NO2. The summed E-state index contributed by atoms with van der Waals surface area (Å²) in [5.74, 6) is 1.78. The van der Waals surface area contributed by atoms with Crippen molar-refractivity contribution in [2.75, 3.05) is 13.7 Å². The molecule has 0 saturated carbocycles. The third kappa shape index (κ3) is 4.44. The van der Waals surface area contributed by atoms with Gasteiger partial charge in [-0.25, -0.2) is 0 Å². The summed E-state index contributed by atoms with van der Waals surface area (Å²) in [6.45, 7) is 7.95. The maximum atomic E-state index is 5.98. The van der Waals surface area contributed by atoms with E-state index < -0.39 is 0 Å². The van der Waals surface area contributed by atoms with Crippen LogP contribution in [0, 0.1) is 0 Å². The zero-order valence-electron chi connectivity index (χ0n) is 15.4. The molecule has 0 radical (unpaired) electrons. The highest BCUT2D eigenvalue weighted by molar-refractivity contribution is 5.87. The Morgan fingerprint density at radius 1 is 0.962 bits per heavy atom. The molecule has 0 aliphatic rings. The molecule has 0 heterocycles. The van der Waals surface area contributed by atoms with Crippen molar-refractivity contribution in [3.63, 3.8) is 0 Å². The first kappa shape index (κ1) is 18.0. The van der Waals surface area contributed by atoms with E-state index in [2.05, 4.69) is 60.4 Å². The molecule has 3 rings (SSSR count). The van der Waals surface area contributed by atoms with E-state index in [1.54, 1.807) is 7.11 Å². The molecule has 0 aliphatic carbocycles. The molecule has 134 valence electrons. The van der Waals surface area contributed by atoms with Gasteiger partial charge in [0, 0.05) is 18.7 Å². The summed E-state index contributed by atoms with van der Waals surface area (Å²) in [4.78, 5) is 0. The Bertz CT molecular complexity index is 884. The SMILES string of the molecule is C=C(C)COc1ccc2ccccc2c1CNCc1ccc(OC)cc1. The predicted molar refractivity (Wildman–Crippen MR) is 108 cm³/mol. The number of ether oxygens (including phenoxy) is 2. The highest BCUT2D eigenvalue weighted by atomic mass is 16.5. The Balaban J connectivity index is 1.77. The Hall–Kier alpha value is -2.78. The molecule has 3 heteroatoms. The van der Waals surface area contributed by atoms with E-state index in [0.717, 1.165) is 30.2 Å². The first-order valence-corrected chi connectivity index (χ1v) is 8.79.